The predicted octanol–water partition coefficient (Wildman–Crippen LogP) is 4.33. The number of nitrogens with one attached hydrogen (secondary N) is 2. The number of benzene rings is 3. The lowest BCUT2D eigenvalue weighted by Crippen LogP contribution is -2.58. The van der Waals surface area contributed by atoms with Crippen LogP contribution in [0.5, 0.6) is 0 Å². The summed E-state index contributed by atoms with van der Waals surface area (Å²) in [4.78, 5) is 45.5. The molecule has 0 aliphatic carbocycles. The van der Waals surface area contributed by atoms with Crippen molar-refractivity contribution >= 4 is 40.4 Å². The van der Waals surface area contributed by atoms with Crippen LogP contribution in [-0.2, 0) is 20.8 Å². The Hall–Kier alpha value is -4.49. The summed E-state index contributed by atoms with van der Waals surface area (Å²) in [5.74, 6) is -3.96. The van der Waals surface area contributed by atoms with Crippen molar-refractivity contribution in [3.8, 4) is 0 Å². The third-order valence-corrected chi connectivity index (χ3v) is 7.87. The third kappa shape index (κ3) is 3.66. The van der Waals surface area contributed by atoms with Gasteiger partial charge in [-0.2, -0.15) is 0 Å². The minimum atomic E-state index is -1.68. The van der Waals surface area contributed by atoms with Gasteiger partial charge in [0.15, 0.2) is 0 Å². The van der Waals surface area contributed by atoms with E-state index in [1.165, 1.54) is 4.90 Å². The largest absolute Gasteiger partial charge is 0.480 e. The number of amides is 2. The highest BCUT2D eigenvalue weighted by atomic mass is 16.4. The first-order valence-corrected chi connectivity index (χ1v) is 12.6. The van der Waals surface area contributed by atoms with Crippen molar-refractivity contribution < 1.29 is 19.5 Å². The highest BCUT2D eigenvalue weighted by molar-refractivity contribution is 6.24. The molecule has 2 fully saturated rings. The van der Waals surface area contributed by atoms with Gasteiger partial charge in [0, 0.05) is 29.6 Å². The van der Waals surface area contributed by atoms with Gasteiger partial charge in [0.05, 0.1) is 17.5 Å². The molecule has 0 radical (unpaired) electrons. The van der Waals surface area contributed by atoms with E-state index in [-0.39, 0.29) is 12.3 Å². The van der Waals surface area contributed by atoms with Gasteiger partial charge in [-0.15, -0.1) is 0 Å². The van der Waals surface area contributed by atoms with Gasteiger partial charge in [-0.25, -0.2) is 4.90 Å². The molecule has 7 nitrogen and oxygen atoms in total. The number of aromatic nitrogens is 1. The number of anilines is 1. The van der Waals surface area contributed by atoms with Crippen LogP contribution in [0, 0.1) is 18.8 Å². The second-order valence-corrected chi connectivity index (χ2v) is 10.1. The Labute approximate surface area is 219 Å². The normalized spacial score (nSPS) is 25.0. The van der Waals surface area contributed by atoms with Crippen LogP contribution in [0.3, 0.4) is 0 Å². The van der Waals surface area contributed by atoms with Gasteiger partial charge in [0.2, 0.25) is 11.8 Å². The van der Waals surface area contributed by atoms with Crippen molar-refractivity contribution in [1.82, 2.24) is 10.3 Å². The van der Waals surface area contributed by atoms with E-state index in [0.717, 1.165) is 27.6 Å². The summed E-state index contributed by atoms with van der Waals surface area (Å²) >= 11 is 0. The van der Waals surface area contributed by atoms with E-state index in [1.54, 1.807) is 18.3 Å². The van der Waals surface area contributed by atoms with Crippen LogP contribution >= 0.6 is 0 Å². The Kier molecular flexibility index (Phi) is 5.73. The summed E-state index contributed by atoms with van der Waals surface area (Å²) in [6.45, 7) is 1.84. The number of carbonyl (C=O) groups is 3. The molecule has 0 saturated carbocycles. The van der Waals surface area contributed by atoms with E-state index in [0.29, 0.717) is 5.69 Å². The average Bonchev–Trinajstić information content (AvgIpc) is 3.56. The Bertz CT molecular complexity index is 1590. The van der Waals surface area contributed by atoms with Crippen molar-refractivity contribution in [3.05, 3.63) is 108 Å². The summed E-state index contributed by atoms with van der Waals surface area (Å²) < 4.78 is 0. The highest BCUT2D eigenvalue weighted by Gasteiger charge is 2.68. The van der Waals surface area contributed by atoms with Crippen molar-refractivity contribution in [1.29, 1.82) is 0 Å². The molecule has 2 saturated heterocycles. The number of aliphatic carboxylic acids is 1. The standard InChI is InChI=1S/C31H27N3O4/c1-19-9-5-8-14-25(19)34-28(35)26-24(16-15-20-10-3-2-4-11-20)33-31(30(37)38,27(26)29(34)36)17-21-18-32-23-13-7-6-12-22(21)23/h2-16,18,24,26-27,32-33H,17H2,1H3,(H,37,38)/b16-15+. The Balaban J connectivity index is 1.48. The smallest absolute Gasteiger partial charge is 0.325 e. The maximum absolute atomic E-state index is 14.1. The second-order valence-electron chi connectivity index (χ2n) is 10.1. The molecule has 190 valence electrons. The van der Waals surface area contributed by atoms with E-state index in [1.807, 2.05) is 85.8 Å². The first-order chi connectivity index (χ1) is 18.4. The van der Waals surface area contributed by atoms with E-state index < -0.39 is 35.3 Å². The first-order valence-electron chi connectivity index (χ1n) is 12.6. The Morgan fingerprint density at radius 3 is 2.45 bits per heavy atom. The van der Waals surface area contributed by atoms with E-state index in [9.17, 15) is 19.5 Å². The maximum atomic E-state index is 14.1. The third-order valence-electron chi connectivity index (χ3n) is 7.87. The van der Waals surface area contributed by atoms with Crippen LogP contribution < -0.4 is 10.2 Å². The fourth-order valence-electron chi connectivity index (χ4n) is 6.06. The number of rotatable bonds is 6. The van der Waals surface area contributed by atoms with Crippen molar-refractivity contribution in [2.24, 2.45) is 11.8 Å². The van der Waals surface area contributed by atoms with Crippen LogP contribution in [0.4, 0.5) is 5.69 Å². The lowest BCUT2D eigenvalue weighted by molar-refractivity contribution is -0.148. The fraction of sp³-hybridized carbons (Fsp3) is 0.194. The molecule has 2 aliphatic rings. The second kappa shape index (κ2) is 9.11. The number of carbonyl (C=O) groups excluding carboxylic acids is 2. The minimum Gasteiger partial charge on any atom is -0.480 e. The number of H-pyrrole nitrogens is 1. The van der Waals surface area contributed by atoms with Gasteiger partial charge >= 0.3 is 5.97 Å². The number of hydrogen-bond donors (Lipinski definition) is 3. The Morgan fingerprint density at radius 1 is 0.974 bits per heavy atom. The van der Waals surface area contributed by atoms with Crippen LogP contribution in [0.1, 0.15) is 16.7 Å². The zero-order valence-corrected chi connectivity index (χ0v) is 20.8. The molecular formula is C31H27N3O4. The number of aryl methyl sites for hydroxylation is 1. The molecule has 7 heteroatoms. The quantitative estimate of drug-likeness (QED) is 0.339. The van der Waals surface area contributed by atoms with Crippen LogP contribution in [-0.4, -0.2) is 39.5 Å². The molecule has 4 atom stereocenters. The topological polar surface area (TPSA) is 102 Å². The molecule has 3 aromatic carbocycles. The number of carboxylic acids is 1. The van der Waals surface area contributed by atoms with Gasteiger partial charge in [0.1, 0.15) is 5.54 Å². The lowest BCUT2D eigenvalue weighted by atomic mass is 9.76. The maximum Gasteiger partial charge on any atom is 0.325 e. The molecule has 3 N–H and O–H groups in total. The summed E-state index contributed by atoms with van der Waals surface area (Å²) in [7, 11) is 0. The molecule has 38 heavy (non-hydrogen) atoms. The van der Waals surface area contributed by atoms with Gasteiger partial charge in [-0.05, 0) is 35.7 Å². The number of nitrogens with zero attached hydrogens (tertiary/aromatic N) is 1. The molecule has 0 spiro atoms. The molecule has 4 aromatic rings. The van der Waals surface area contributed by atoms with Gasteiger partial charge in [0.25, 0.3) is 0 Å². The number of hydrogen-bond acceptors (Lipinski definition) is 4. The van der Waals surface area contributed by atoms with E-state index in [2.05, 4.69) is 10.3 Å². The number of para-hydroxylation sites is 2. The summed E-state index contributed by atoms with van der Waals surface area (Å²) in [6, 6.07) is 23.8. The minimum absolute atomic E-state index is 0.0455. The van der Waals surface area contributed by atoms with Crippen LogP contribution in [0.25, 0.3) is 17.0 Å². The summed E-state index contributed by atoms with van der Waals surface area (Å²) in [5, 5.41) is 14.9. The molecule has 2 aliphatic heterocycles. The van der Waals surface area contributed by atoms with Crippen molar-refractivity contribution in [3.63, 3.8) is 0 Å². The number of carboxylic acid groups (broad SMARTS) is 1. The number of aromatic amines is 1. The monoisotopic (exact) mass is 505 g/mol. The van der Waals surface area contributed by atoms with Crippen LogP contribution in [0.2, 0.25) is 0 Å². The van der Waals surface area contributed by atoms with E-state index in [4.69, 9.17) is 0 Å². The van der Waals surface area contributed by atoms with E-state index >= 15 is 0 Å². The zero-order chi connectivity index (χ0) is 26.4. The zero-order valence-electron chi connectivity index (χ0n) is 20.8. The fourth-order valence-corrected chi connectivity index (χ4v) is 6.06. The molecule has 0 bridgehead atoms. The highest BCUT2D eigenvalue weighted by Crippen LogP contribution is 2.47. The van der Waals surface area contributed by atoms with Crippen molar-refractivity contribution in [2.45, 2.75) is 24.9 Å². The molecule has 6 rings (SSSR count). The summed E-state index contributed by atoms with van der Waals surface area (Å²) in [5.41, 5.74) is 2.17. The number of fused-ring (bicyclic) bond motifs is 2. The van der Waals surface area contributed by atoms with Crippen molar-refractivity contribution in [2.75, 3.05) is 4.90 Å². The molecule has 1 aromatic heterocycles. The SMILES string of the molecule is Cc1ccccc1N1C(=O)C2C(/C=C/c3ccccc3)NC(Cc3c[nH]c4ccccc34)(C(=O)O)C2C1=O. The summed E-state index contributed by atoms with van der Waals surface area (Å²) in [6.07, 6.45) is 5.52. The lowest BCUT2D eigenvalue weighted by Gasteiger charge is -2.31. The average molecular weight is 506 g/mol. The number of imide groups is 1. The molecule has 4 unspecified atom stereocenters. The van der Waals surface area contributed by atoms with Gasteiger partial charge < -0.3 is 10.1 Å². The molecule has 2 amide bonds. The Morgan fingerprint density at radius 2 is 1.68 bits per heavy atom. The van der Waals surface area contributed by atoms with Crippen LogP contribution in [0.15, 0.2) is 91.1 Å². The predicted molar refractivity (Wildman–Crippen MR) is 145 cm³/mol. The molecular weight excluding hydrogens is 478 g/mol. The van der Waals surface area contributed by atoms with Gasteiger partial charge in [-0.3, -0.25) is 19.7 Å². The van der Waals surface area contributed by atoms with Gasteiger partial charge in [-0.1, -0.05) is 78.9 Å². The first kappa shape index (κ1) is 23.9. The molecule has 3 heterocycles.